The molecule has 39 heavy (non-hydrogen) atoms. The van der Waals surface area contributed by atoms with E-state index in [4.69, 9.17) is 9.84 Å². The fourth-order valence-corrected chi connectivity index (χ4v) is 5.47. The Labute approximate surface area is 243 Å². The fraction of sp³-hybridized carbons (Fsp3) is 0.971. The summed E-state index contributed by atoms with van der Waals surface area (Å²) in [5, 5.41) is 19.5. The minimum absolute atomic E-state index is 0.0193. The molecule has 0 aliphatic carbocycles. The van der Waals surface area contributed by atoms with Crippen LogP contribution in [0.4, 0.5) is 0 Å². The van der Waals surface area contributed by atoms with Crippen LogP contribution >= 0.6 is 0 Å². The number of ether oxygens (including phenoxy) is 1. The summed E-state index contributed by atoms with van der Waals surface area (Å²) in [6, 6.07) is 0. The van der Waals surface area contributed by atoms with Crippen LogP contribution in [-0.2, 0) is 9.53 Å². The van der Waals surface area contributed by atoms with E-state index in [1.807, 2.05) is 0 Å². The molecule has 0 amide bonds. The lowest BCUT2D eigenvalue weighted by Crippen LogP contribution is -2.34. The molecule has 0 spiro atoms. The van der Waals surface area contributed by atoms with Crippen molar-refractivity contribution in [2.45, 2.75) is 175 Å². The van der Waals surface area contributed by atoms with Crippen molar-refractivity contribution in [1.29, 1.82) is 0 Å². The molecule has 0 bridgehead atoms. The van der Waals surface area contributed by atoms with E-state index in [0.717, 1.165) is 96.2 Å². The highest BCUT2D eigenvalue weighted by atomic mass is 16.5. The average Bonchev–Trinajstić information content (AvgIpc) is 2.93. The Morgan fingerprint density at radius 2 is 1.18 bits per heavy atom. The molecule has 0 aromatic rings. The van der Waals surface area contributed by atoms with Gasteiger partial charge >= 0.3 is 5.97 Å². The first-order valence-electron chi connectivity index (χ1n) is 17.2. The van der Waals surface area contributed by atoms with Crippen LogP contribution in [0, 0.1) is 5.92 Å². The van der Waals surface area contributed by atoms with Crippen LogP contribution in [0.25, 0.3) is 0 Å². The maximum absolute atomic E-state index is 12.2. The Kier molecular flexibility index (Phi) is 29.8. The molecule has 5 nitrogen and oxygen atoms in total. The number of carbonyl (C=O) groups is 1. The second-order valence-electron chi connectivity index (χ2n) is 12.0. The molecule has 0 heterocycles. The first-order chi connectivity index (χ1) is 19.1. The van der Waals surface area contributed by atoms with Crippen LogP contribution in [0.1, 0.15) is 168 Å². The molecule has 2 atom stereocenters. The lowest BCUT2D eigenvalue weighted by atomic mass is 9.90. The molecule has 0 rings (SSSR count). The summed E-state index contributed by atoms with van der Waals surface area (Å²) < 4.78 is 5.51. The van der Waals surface area contributed by atoms with E-state index < -0.39 is 0 Å². The first kappa shape index (κ1) is 38.4. The van der Waals surface area contributed by atoms with Crippen LogP contribution in [0.15, 0.2) is 0 Å². The van der Waals surface area contributed by atoms with Gasteiger partial charge in [0, 0.05) is 19.6 Å². The third-order valence-corrected chi connectivity index (χ3v) is 8.05. The Morgan fingerprint density at radius 3 is 1.85 bits per heavy atom. The topological polar surface area (TPSA) is 70.0 Å². The number of hydrogen-bond donors (Lipinski definition) is 2. The Morgan fingerprint density at radius 1 is 0.641 bits per heavy atom. The van der Waals surface area contributed by atoms with Crippen molar-refractivity contribution >= 4 is 5.97 Å². The van der Waals surface area contributed by atoms with Crippen molar-refractivity contribution in [1.82, 2.24) is 4.90 Å². The highest BCUT2D eigenvalue weighted by molar-refractivity contribution is 5.69. The Balaban J connectivity index is 3.96. The van der Waals surface area contributed by atoms with E-state index in [1.54, 1.807) is 0 Å². The minimum Gasteiger partial charge on any atom is -0.466 e. The van der Waals surface area contributed by atoms with Crippen LogP contribution in [0.3, 0.4) is 0 Å². The summed E-state index contributed by atoms with van der Waals surface area (Å²) in [5.74, 6) is 0.827. The van der Waals surface area contributed by atoms with Gasteiger partial charge in [0.1, 0.15) is 0 Å². The fourth-order valence-electron chi connectivity index (χ4n) is 5.47. The van der Waals surface area contributed by atoms with Gasteiger partial charge in [-0.2, -0.15) is 0 Å². The Hall–Kier alpha value is -0.650. The van der Waals surface area contributed by atoms with Gasteiger partial charge in [0.2, 0.25) is 0 Å². The van der Waals surface area contributed by atoms with E-state index in [2.05, 4.69) is 25.7 Å². The summed E-state index contributed by atoms with van der Waals surface area (Å²) in [7, 11) is 0. The van der Waals surface area contributed by atoms with E-state index in [1.165, 1.54) is 70.6 Å². The second kappa shape index (κ2) is 30.3. The number of unbranched alkanes of at least 4 members (excludes halogenated alkanes) is 12. The van der Waals surface area contributed by atoms with Crippen molar-refractivity contribution in [2.75, 3.05) is 32.8 Å². The molecule has 0 radical (unpaired) electrons. The largest absolute Gasteiger partial charge is 0.466 e. The maximum atomic E-state index is 12.2. The lowest BCUT2D eigenvalue weighted by Gasteiger charge is -2.25. The smallest absolute Gasteiger partial charge is 0.305 e. The molecular formula is C34H69NO4. The standard InChI is InChI=1S/C34H69NO4/c1-4-7-10-15-23-32(22-9-6-3)24-16-17-26-34(38)39-30-21-12-11-18-27-35(28-19-13-20-29-36)31-33(37)25-14-8-5-2/h32-33,36-37H,4-31H2,1-3H3. The van der Waals surface area contributed by atoms with E-state index in [0.29, 0.717) is 13.0 Å². The molecular weight excluding hydrogens is 486 g/mol. The van der Waals surface area contributed by atoms with Gasteiger partial charge in [-0.15, -0.1) is 0 Å². The van der Waals surface area contributed by atoms with Crippen molar-refractivity contribution in [3.63, 3.8) is 0 Å². The van der Waals surface area contributed by atoms with Gasteiger partial charge in [0.25, 0.3) is 0 Å². The van der Waals surface area contributed by atoms with Gasteiger partial charge in [-0.1, -0.05) is 117 Å². The quantitative estimate of drug-likeness (QED) is 0.0660. The number of aliphatic hydroxyl groups is 2. The number of nitrogens with zero attached hydrogens (tertiary/aromatic N) is 1. The molecule has 0 aromatic heterocycles. The third-order valence-electron chi connectivity index (χ3n) is 8.05. The highest BCUT2D eigenvalue weighted by Crippen LogP contribution is 2.23. The summed E-state index contributed by atoms with van der Waals surface area (Å²) in [4.78, 5) is 14.6. The monoisotopic (exact) mass is 556 g/mol. The second-order valence-corrected chi connectivity index (χ2v) is 12.0. The zero-order valence-corrected chi connectivity index (χ0v) is 26.6. The third kappa shape index (κ3) is 27.3. The molecule has 0 fully saturated rings. The number of aliphatic hydroxyl groups excluding tert-OH is 2. The summed E-state index contributed by atoms with van der Waals surface area (Å²) in [6.07, 6.45) is 26.1. The van der Waals surface area contributed by atoms with Gasteiger partial charge in [0.05, 0.1) is 12.7 Å². The van der Waals surface area contributed by atoms with Gasteiger partial charge in [0.15, 0.2) is 0 Å². The van der Waals surface area contributed by atoms with Gasteiger partial charge < -0.3 is 19.8 Å². The molecule has 2 N–H and O–H groups in total. The Bertz CT molecular complexity index is 502. The van der Waals surface area contributed by atoms with Crippen molar-refractivity contribution in [2.24, 2.45) is 5.92 Å². The van der Waals surface area contributed by atoms with Gasteiger partial charge in [-0.3, -0.25) is 4.79 Å². The zero-order valence-electron chi connectivity index (χ0n) is 26.6. The number of esters is 1. The van der Waals surface area contributed by atoms with E-state index in [-0.39, 0.29) is 18.7 Å². The summed E-state index contributed by atoms with van der Waals surface area (Å²) in [6.45, 7) is 10.3. The normalized spacial score (nSPS) is 13.2. The van der Waals surface area contributed by atoms with Crippen LogP contribution in [-0.4, -0.2) is 60.0 Å². The predicted octanol–water partition coefficient (Wildman–Crippen LogP) is 8.83. The van der Waals surface area contributed by atoms with E-state index in [9.17, 15) is 9.90 Å². The predicted molar refractivity (Wildman–Crippen MR) is 167 cm³/mol. The molecule has 0 aromatic carbocycles. The molecule has 0 aliphatic heterocycles. The molecule has 0 aliphatic rings. The molecule has 5 heteroatoms. The van der Waals surface area contributed by atoms with E-state index >= 15 is 0 Å². The SMILES string of the molecule is CCCCCCC(CCCC)CCCCC(=O)OCCCCCCN(CCCCCO)CC(O)CCCCC. The zero-order chi connectivity index (χ0) is 28.8. The summed E-state index contributed by atoms with van der Waals surface area (Å²) in [5.41, 5.74) is 0. The molecule has 0 saturated carbocycles. The number of rotatable bonds is 31. The minimum atomic E-state index is -0.234. The summed E-state index contributed by atoms with van der Waals surface area (Å²) >= 11 is 0. The van der Waals surface area contributed by atoms with Crippen LogP contribution in [0.5, 0.6) is 0 Å². The lowest BCUT2D eigenvalue weighted by molar-refractivity contribution is -0.143. The molecule has 234 valence electrons. The van der Waals surface area contributed by atoms with Crippen molar-refractivity contribution in [3.8, 4) is 0 Å². The van der Waals surface area contributed by atoms with Gasteiger partial charge in [-0.25, -0.2) is 0 Å². The van der Waals surface area contributed by atoms with Gasteiger partial charge in [-0.05, 0) is 64.0 Å². The number of hydrogen-bond acceptors (Lipinski definition) is 5. The van der Waals surface area contributed by atoms with Crippen LogP contribution < -0.4 is 0 Å². The number of carbonyl (C=O) groups excluding carboxylic acids is 1. The average molecular weight is 556 g/mol. The van der Waals surface area contributed by atoms with Crippen molar-refractivity contribution < 1.29 is 19.7 Å². The first-order valence-corrected chi connectivity index (χ1v) is 17.2. The van der Waals surface area contributed by atoms with Crippen LogP contribution in [0.2, 0.25) is 0 Å². The highest BCUT2D eigenvalue weighted by Gasteiger charge is 2.12. The van der Waals surface area contributed by atoms with Crippen molar-refractivity contribution in [3.05, 3.63) is 0 Å². The maximum Gasteiger partial charge on any atom is 0.305 e. The molecule has 0 saturated heterocycles. The molecule has 2 unspecified atom stereocenters.